The van der Waals surface area contributed by atoms with E-state index in [-0.39, 0.29) is 11.8 Å². The summed E-state index contributed by atoms with van der Waals surface area (Å²) in [6.07, 6.45) is 0.530. The summed E-state index contributed by atoms with van der Waals surface area (Å²) < 4.78 is 17.3. The van der Waals surface area contributed by atoms with Crippen LogP contribution in [0.5, 0.6) is 17.2 Å². The number of benzene rings is 2. The number of fused-ring (bicyclic) bond motifs is 1. The zero-order valence-corrected chi connectivity index (χ0v) is 16.9. The molecule has 1 atom stereocenters. The fourth-order valence-electron chi connectivity index (χ4n) is 3.49. The standard InChI is InChI=1S/C20H22BrNO4/c1-5-22-16-7-6-13(21)10-14(16)15(20(22)23)8-12-9-18(25-3)19(26-4)11-17(12)24-2/h6-7,9-11,15H,5,8H2,1-4H3. The van der Waals surface area contributed by atoms with Crippen LogP contribution in [0.4, 0.5) is 5.69 Å². The van der Waals surface area contributed by atoms with Crippen molar-refractivity contribution in [1.82, 2.24) is 0 Å². The second-order valence-corrected chi connectivity index (χ2v) is 6.98. The van der Waals surface area contributed by atoms with E-state index < -0.39 is 0 Å². The SMILES string of the molecule is CCN1C(=O)C(Cc2cc(OC)c(OC)cc2OC)c2cc(Br)ccc21. The predicted molar refractivity (Wildman–Crippen MR) is 105 cm³/mol. The van der Waals surface area contributed by atoms with E-state index in [1.165, 1.54) is 0 Å². The molecule has 0 spiro atoms. The molecule has 138 valence electrons. The van der Waals surface area contributed by atoms with Crippen molar-refractivity contribution in [2.75, 3.05) is 32.8 Å². The monoisotopic (exact) mass is 419 g/mol. The molecule has 1 aliphatic rings. The predicted octanol–water partition coefficient (Wildman–Crippen LogP) is 4.17. The molecule has 0 aromatic heterocycles. The highest BCUT2D eigenvalue weighted by molar-refractivity contribution is 9.10. The lowest BCUT2D eigenvalue weighted by Gasteiger charge is -2.17. The Labute approximate surface area is 162 Å². The number of hydrogen-bond donors (Lipinski definition) is 0. The van der Waals surface area contributed by atoms with Gasteiger partial charge in [-0.3, -0.25) is 4.79 Å². The number of rotatable bonds is 6. The first-order valence-electron chi connectivity index (χ1n) is 8.43. The lowest BCUT2D eigenvalue weighted by atomic mass is 9.92. The van der Waals surface area contributed by atoms with Gasteiger partial charge in [0.25, 0.3) is 0 Å². The normalized spacial score (nSPS) is 15.8. The fourth-order valence-corrected chi connectivity index (χ4v) is 3.86. The van der Waals surface area contributed by atoms with Gasteiger partial charge in [0.2, 0.25) is 5.91 Å². The summed E-state index contributed by atoms with van der Waals surface area (Å²) in [5.74, 6) is 1.76. The van der Waals surface area contributed by atoms with Gasteiger partial charge >= 0.3 is 0 Å². The number of hydrogen-bond acceptors (Lipinski definition) is 4. The number of carbonyl (C=O) groups excluding carboxylic acids is 1. The molecule has 3 rings (SSSR count). The van der Waals surface area contributed by atoms with Gasteiger partial charge in [0, 0.05) is 22.8 Å². The highest BCUT2D eigenvalue weighted by Crippen LogP contribution is 2.43. The van der Waals surface area contributed by atoms with Gasteiger partial charge in [-0.1, -0.05) is 15.9 Å². The van der Waals surface area contributed by atoms with Crippen molar-refractivity contribution in [1.29, 1.82) is 0 Å². The van der Waals surface area contributed by atoms with Gasteiger partial charge in [0.05, 0.1) is 27.2 Å². The van der Waals surface area contributed by atoms with Crippen LogP contribution in [-0.4, -0.2) is 33.8 Å². The Morgan fingerprint density at radius 1 is 1.00 bits per heavy atom. The van der Waals surface area contributed by atoms with E-state index in [0.717, 1.165) is 21.3 Å². The second kappa shape index (κ2) is 7.58. The Kier molecular flexibility index (Phi) is 5.41. The van der Waals surface area contributed by atoms with Gasteiger partial charge in [0.15, 0.2) is 11.5 Å². The summed E-state index contributed by atoms with van der Waals surface area (Å²) in [4.78, 5) is 14.8. The third-order valence-electron chi connectivity index (χ3n) is 4.75. The molecule has 1 amide bonds. The van der Waals surface area contributed by atoms with Crippen molar-refractivity contribution in [3.63, 3.8) is 0 Å². The van der Waals surface area contributed by atoms with Crippen LogP contribution in [0.2, 0.25) is 0 Å². The maximum atomic E-state index is 13.0. The van der Waals surface area contributed by atoms with E-state index in [1.54, 1.807) is 27.4 Å². The number of ether oxygens (including phenoxy) is 3. The highest BCUT2D eigenvalue weighted by atomic mass is 79.9. The van der Waals surface area contributed by atoms with Gasteiger partial charge in [0.1, 0.15) is 5.75 Å². The molecule has 1 heterocycles. The molecule has 1 aliphatic heterocycles. The number of halogens is 1. The number of likely N-dealkylation sites (N-methyl/N-ethyl adjacent to an activating group) is 1. The molecule has 5 nitrogen and oxygen atoms in total. The van der Waals surface area contributed by atoms with Crippen LogP contribution in [-0.2, 0) is 11.2 Å². The Bertz CT molecular complexity index is 837. The van der Waals surface area contributed by atoms with Crippen molar-refractivity contribution in [2.45, 2.75) is 19.3 Å². The van der Waals surface area contributed by atoms with E-state index >= 15 is 0 Å². The van der Waals surface area contributed by atoms with Crippen LogP contribution in [0.25, 0.3) is 0 Å². The van der Waals surface area contributed by atoms with Crippen LogP contribution in [0, 0.1) is 0 Å². The van der Waals surface area contributed by atoms with Gasteiger partial charge in [-0.2, -0.15) is 0 Å². The Morgan fingerprint density at radius 2 is 1.65 bits per heavy atom. The number of amides is 1. The van der Waals surface area contributed by atoms with E-state index in [1.807, 2.05) is 36.1 Å². The number of carbonyl (C=O) groups is 1. The number of nitrogens with zero attached hydrogens (tertiary/aromatic N) is 1. The minimum atomic E-state index is -0.255. The van der Waals surface area contributed by atoms with Gasteiger partial charge in [-0.25, -0.2) is 0 Å². The molecule has 2 aromatic carbocycles. The summed E-state index contributed by atoms with van der Waals surface area (Å²) in [7, 11) is 4.80. The van der Waals surface area contributed by atoms with Gasteiger partial charge < -0.3 is 19.1 Å². The van der Waals surface area contributed by atoms with Crippen molar-refractivity contribution < 1.29 is 19.0 Å². The molecule has 26 heavy (non-hydrogen) atoms. The lowest BCUT2D eigenvalue weighted by molar-refractivity contribution is -0.119. The smallest absolute Gasteiger partial charge is 0.234 e. The molecule has 6 heteroatoms. The summed E-state index contributed by atoms with van der Waals surface area (Å²) in [6, 6.07) is 9.67. The van der Waals surface area contributed by atoms with E-state index in [4.69, 9.17) is 14.2 Å². The maximum absolute atomic E-state index is 13.0. The maximum Gasteiger partial charge on any atom is 0.234 e. The molecular formula is C20H22BrNO4. The summed E-state index contributed by atoms with van der Waals surface area (Å²) in [6.45, 7) is 2.64. The van der Waals surface area contributed by atoms with Gasteiger partial charge in [-0.15, -0.1) is 0 Å². The second-order valence-electron chi connectivity index (χ2n) is 6.06. The third kappa shape index (κ3) is 3.14. The average molecular weight is 420 g/mol. The quantitative estimate of drug-likeness (QED) is 0.704. The summed E-state index contributed by atoms with van der Waals surface area (Å²) in [5, 5.41) is 0. The molecule has 0 radical (unpaired) electrons. The molecule has 1 unspecified atom stereocenters. The molecule has 0 bridgehead atoms. The summed E-state index contributed by atoms with van der Waals surface area (Å²) in [5.41, 5.74) is 2.92. The lowest BCUT2D eigenvalue weighted by Crippen LogP contribution is -2.29. The first-order chi connectivity index (χ1) is 12.5. The molecular weight excluding hydrogens is 398 g/mol. The number of methoxy groups -OCH3 is 3. The average Bonchev–Trinajstić information content (AvgIpc) is 2.91. The van der Waals surface area contributed by atoms with Crippen molar-refractivity contribution in [2.24, 2.45) is 0 Å². The molecule has 0 saturated carbocycles. The minimum absolute atomic E-state index is 0.109. The van der Waals surface area contributed by atoms with E-state index in [9.17, 15) is 4.79 Å². The zero-order valence-electron chi connectivity index (χ0n) is 15.3. The molecule has 2 aromatic rings. The van der Waals surface area contributed by atoms with Gasteiger partial charge in [-0.05, 0) is 48.7 Å². The van der Waals surface area contributed by atoms with Crippen molar-refractivity contribution >= 4 is 27.5 Å². The molecule has 0 fully saturated rings. The van der Waals surface area contributed by atoms with Crippen LogP contribution in [0.15, 0.2) is 34.8 Å². The van der Waals surface area contributed by atoms with Crippen molar-refractivity contribution in [3.05, 3.63) is 45.9 Å². The molecule has 0 aliphatic carbocycles. The molecule has 0 saturated heterocycles. The topological polar surface area (TPSA) is 48.0 Å². The highest BCUT2D eigenvalue weighted by Gasteiger charge is 2.37. The third-order valence-corrected chi connectivity index (χ3v) is 5.24. The zero-order chi connectivity index (χ0) is 18.8. The first kappa shape index (κ1) is 18.6. The Balaban J connectivity index is 2.04. The van der Waals surface area contributed by atoms with E-state index in [2.05, 4.69) is 15.9 Å². The van der Waals surface area contributed by atoms with E-state index in [0.29, 0.717) is 30.2 Å². The largest absolute Gasteiger partial charge is 0.496 e. The first-order valence-corrected chi connectivity index (χ1v) is 9.23. The van der Waals surface area contributed by atoms with Crippen molar-refractivity contribution in [3.8, 4) is 17.2 Å². The molecule has 0 N–H and O–H groups in total. The van der Waals surface area contributed by atoms with Crippen LogP contribution in [0.1, 0.15) is 24.0 Å². The fraction of sp³-hybridized carbons (Fsp3) is 0.350. The Morgan fingerprint density at radius 3 is 2.27 bits per heavy atom. The minimum Gasteiger partial charge on any atom is -0.496 e. The summed E-state index contributed by atoms with van der Waals surface area (Å²) >= 11 is 3.52. The van der Waals surface area contributed by atoms with Crippen LogP contribution >= 0.6 is 15.9 Å². The Hall–Kier alpha value is -2.21. The number of anilines is 1. The van der Waals surface area contributed by atoms with Crippen LogP contribution < -0.4 is 19.1 Å². The van der Waals surface area contributed by atoms with Crippen LogP contribution in [0.3, 0.4) is 0 Å².